The maximum atomic E-state index is 12.9. The summed E-state index contributed by atoms with van der Waals surface area (Å²) < 4.78 is 12.9. The van der Waals surface area contributed by atoms with Crippen molar-refractivity contribution in [3.63, 3.8) is 0 Å². The van der Waals surface area contributed by atoms with E-state index in [4.69, 9.17) is 0 Å². The topological polar surface area (TPSA) is 6.48 Å². The molecule has 0 atom stereocenters. The Morgan fingerprint density at radius 1 is 0.857 bits per heavy atom. The monoisotopic (exact) mass is 284 g/mol. The second kappa shape index (κ2) is 6.27. The maximum Gasteiger partial charge on any atom is 0.123 e. The second-order valence-electron chi connectivity index (χ2n) is 5.73. The summed E-state index contributed by atoms with van der Waals surface area (Å²) in [6.07, 6.45) is 0. The number of hydrogen-bond acceptors (Lipinski definition) is 2. The lowest BCUT2D eigenvalue weighted by Crippen LogP contribution is -2.45. The first kappa shape index (κ1) is 14.1. The zero-order valence-electron chi connectivity index (χ0n) is 12.4. The first-order valence-electron chi connectivity index (χ1n) is 7.49. The normalized spacial score (nSPS) is 16.2. The molecule has 0 amide bonds. The van der Waals surface area contributed by atoms with E-state index < -0.39 is 0 Å². The molecule has 1 aliphatic rings. The fourth-order valence-corrected chi connectivity index (χ4v) is 2.77. The van der Waals surface area contributed by atoms with Gasteiger partial charge in [-0.05, 0) is 36.8 Å². The highest BCUT2D eigenvalue weighted by atomic mass is 19.1. The van der Waals surface area contributed by atoms with Crippen molar-refractivity contribution < 1.29 is 4.39 Å². The molecule has 0 bridgehead atoms. The summed E-state index contributed by atoms with van der Waals surface area (Å²) in [5.41, 5.74) is 3.79. The van der Waals surface area contributed by atoms with E-state index in [0.29, 0.717) is 0 Å². The van der Waals surface area contributed by atoms with Crippen LogP contribution in [0.5, 0.6) is 0 Å². The number of hydrogen-bond donors (Lipinski definition) is 0. The molecule has 1 saturated heterocycles. The highest BCUT2D eigenvalue weighted by Crippen LogP contribution is 2.18. The zero-order chi connectivity index (χ0) is 14.7. The molecule has 0 N–H and O–H groups in total. The quantitative estimate of drug-likeness (QED) is 0.851. The van der Waals surface area contributed by atoms with Gasteiger partial charge in [-0.25, -0.2) is 4.39 Å². The van der Waals surface area contributed by atoms with Crippen molar-refractivity contribution in [2.45, 2.75) is 13.5 Å². The zero-order valence-corrected chi connectivity index (χ0v) is 12.4. The van der Waals surface area contributed by atoms with Gasteiger partial charge < -0.3 is 4.90 Å². The average molecular weight is 284 g/mol. The van der Waals surface area contributed by atoms with Crippen molar-refractivity contribution in [1.29, 1.82) is 0 Å². The van der Waals surface area contributed by atoms with Crippen LogP contribution >= 0.6 is 0 Å². The third-order valence-corrected chi connectivity index (χ3v) is 4.09. The Labute approximate surface area is 125 Å². The Kier molecular flexibility index (Phi) is 4.20. The minimum Gasteiger partial charge on any atom is -0.369 e. The van der Waals surface area contributed by atoms with E-state index in [1.165, 1.54) is 28.9 Å². The fourth-order valence-electron chi connectivity index (χ4n) is 2.77. The molecular formula is C18H21FN2. The summed E-state index contributed by atoms with van der Waals surface area (Å²) in [5, 5.41) is 0. The van der Waals surface area contributed by atoms with Crippen LogP contribution in [-0.4, -0.2) is 31.1 Å². The summed E-state index contributed by atoms with van der Waals surface area (Å²) in [4.78, 5) is 4.86. The Hall–Kier alpha value is -1.87. The smallest absolute Gasteiger partial charge is 0.123 e. The largest absolute Gasteiger partial charge is 0.369 e. The maximum absolute atomic E-state index is 12.9. The molecule has 2 aromatic rings. The molecule has 3 heteroatoms. The van der Waals surface area contributed by atoms with E-state index in [2.05, 4.69) is 41.0 Å². The van der Waals surface area contributed by atoms with Gasteiger partial charge in [-0.1, -0.05) is 29.8 Å². The van der Waals surface area contributed by atoms with E-state index in [0.717, 1.165) is 32.7 Å². The standard InChI is InChI=1S/C18H21FN2/c1-15-2-8-18(9-3-15)21-12-10-20(11-13-21)14-16-4-6-17(19)7-5-16/h2-9H,10-14H2,1H3. The highest BCUT2D eigenvalue weighted by Gasteiger charge is 2.17. The van der Waals surface area contributed by atoms with E-state index in [-0.39, 0.29) is 5.82 Å². The Balaban J connectivity index is 1.55. The van der Waals surface area contributed by atoms with Crippen LogP contribution < -0.4 is 4.90 Å². The summed E-state index contributed by atoms with van der Waals surface area (Å²) >= 11 is 0. The number of aryl methyl sites for hydroxylation is 1. The van der Waals surface area contributed by atoms with E-state index >= 15 is 0 Å². The molecular weight excluding hydrogens is 263 g/mol. The number of anilines is 1. The average Bonchev–Trinajstić information content (AvgIpc) is 2.51. The van der Waals surface area contributed by atoms with E-state index in [1.54, 1.807) is 0 Å². The van der Waals surface area contributed by atoms with Gasteiger partial charge in [0, 0.05) is 38.4 Å². The molecule has 1 heterocycles. The molecule has 21 heavy (non-hydrogen) atoms. The molecule has 2 aromatic carbocycles. The predicted octanol–water partition coefficient (Wildman–Crippen LogP) is 3.46. The van der Waals surface area contributed by atoms with Gasteiger partial charge in [0.05, 0.1) is 0 Å². The molecule has 0 saturated carbocycles. The Bertz CT molecular complexity index is 569. The van der Waals surface area contributed by atoms with Gasteiger partial charge in [0.15, 0.2) is 0 Å². The van der Waals surface area contributed by atoms with Crippen molar-refractivity contribution in [2.75, 3.05) is 31.1 Å². The Morgan fingerprint density at radius 2 is 1.48 bits per heavy atom. The number of piperazine rings is 1. The van der Waals surface area contributed by atoms with E-state index in [9.17, 15) is 4.39 Å². The molecule has 0 aromatic heterocycles. The third-order valence-electron chi connectivity index (χ3n) is 4.09. The van der Waals surface area contributed by atoms with Crippen LogP contribution in [0.25, 0.3) is 0 Å². The van der Waals surface area contributed by atoms with Gasteiger partial charge in [0.25, 0.3) is 0 Å². The molecule has 2 nitrogen and oxygen atoms in total. The van der Waals surface area contributed by atoms with Crippen LogP contribution in [-0.2, 0) is 6.54 Å². The summed E-state index contributed by atoms with van der Waals surface area (Å²) in [6, 6.07) is 15.6. The van der Waals surface area contributed by atoms with Crippen LogP contribution in [0.15, 0.2) is 48.5 Å². The first-order chi connectivity index (χ1) is 10.2. The number of rotatable bonds is 3. The molecule has 1 fully saturated rings. The van der Waals surface area contributed by atoms with Gasteiger partial charge in [-0.2, -0.15) is 0 Å². The lowest BCUT2D eigenvalue weighted by molar-refractivity contribution is 0.250. The lowest BCUT2D eigenvalue weighted by atomic mass is 10.1. The summed E-state index contributed by atoms with van der Waals surface area (Å²) in [7, 11) is 0. The fraction of sp³-hybridized carbons (Fsp3) is 0.333. The number of nitrogens with zero attached hydrogens (tertiary/aromatic N) is 2. The first-order valence-corrected chi connectivity index (χ1v) is 7.49. The molecule has 110 valence electrons. The van der Waals surface area contributed by atoms with Crippen molar-refractivity contribution in [3.05, 3.63) is 65.5 Å². The molecule has 3 rings (SSSR count). The molecule has 0 spiro atoms. The van der Waals surface area contributed by atoms with Crippen molar-refractivity contribution in [3.8, 4) is 0 Å². The van der Waals surface area contributed by atoms with Crippen LogP contribution in [0, 0.1) is 12.7 Å². The van der Waals surface area contributed by atoms with Gasteiger partial charge in [-0.3, -0.25) is 4.90 Å². The number of halogens is 1. The van der Waals surface area contributed by atoms with Gasteiger partial charge in [-0.15, -0.1) is 0 Å². The lowest BCUT2D eigenvalue weighted by Gasteiger charge is -2.36. The van der Waals surface area contributed by atoms with E-state index in [1.807, 2.05) is 12.1 Å². The van der Waals surface area contributed by atoms with Gasteiger partial charge >= 0.3 is 0 Å². The van der Waals surface area contributed by atoms with Crippen molar-refractivity contribution in [2.24, 2.45) is 0 Å². The number of benzene rings is 2. The van der Waals surface area contributed by atoms with Crippen LogP contribution in [0.3, 0.4) is 0 Å². The Morgan fingerprint density at radius 3 is 2.10 bits per heavy atom. The van der Waals surface area contributed by atoms with Gasteiger partial charge in [0.1, 0.15) is 5.82 Å². The minimum absolute atomic E-state index is 0.164. The van der Waals surface area contributed by atoms with Crippen LogP contribution in [0.2, 0.25) is 0 Å². The summed E-state index contributed by atoms with van der Waals surface area (Å²) in [6.45, 7) is 7.21. The molecule has 1 aliphatic heterocycles. The SMILES string of the molecule is Cc1ccc(N2CCN(Cc3ccc(F)cc3)CC2)cc1. The summed E-state index contributed by atoms with van der Waals surface area (Å²) in [5.74, 6) is -0.164. The third kappa shape index (κ3) is 3.61. The second-order valence-corrected chi connectivity index (χ2v) is 5.73. The molecule has 0 unspecified atom stereocenters. The predicted molar refractivity (Wildman–Crippen MR) is 85.1 cm³/mol. The van der Waals surface area contributed by atoms with Gasteiger partial charge in [0.2, 0.25) is 0 Å². The molecule has 0 radical (unpaired) electrons. The highest BCUT2D eigenvalue weighted by molar-refractivity contribution is 5.47. The van der Waals surface area contributed by atoms with Crippen LogP contribution in [0.1, 0.15) is 11.1 Å². The van der Waals surface area contributed by atoms with Crippen LogP contribution in [0.4, 0.5) is 10.1 Å². The van der Waals surface area contributed by atoms with Crippen molar-refractivity contribution in [1.82, 2.24) is 4.90 Å². The van der Waals surface area contributed by atoms with Crippen molar-refractivity contribution >= 4 is 5.69 Å². The molecule has 0 aliphatic carbocycles. The minimum atomic E-state index is -0.164.